The van der Waals surface area contributed by atoms with E-state index < -0.39 is 0 Å². The summed E-state index contributed by atoms with van der Waals surface area (Å²) in [6.45, 7) is 5.14. The molecule has 2 atom stereocenters. The second kappa shape index (κ2) is 9.30. The summed E-state index contributed by atoms with van der Waals surface area (Å²) in [7, 11) is 4.10. The molecule has 1 fully saturated rings. The largest absolute Gasteiger partial charge is 0.396 e. The monoisotopic (exact) mass is 449 g/mol. The number of aliphatic hydroxyl groups excluding tert-OH is 1. The minimum absolute atomic E-state index is 0.00458. The molecule has 1 aliphatic heterocycles. The first-order valence-electron chi connectivity index (χ1n) is 11.0. The zero-order chi connectivity index (χ0) is 22.8. The molecule has 3 aromatic rings. The number of nitrogens with one attached hydrogen (secondary N) is 1. The second-order valence-electron chi connectivity index (χ2n) is 8.47. The van der Waals surface area contributed by atoms with Crippen LogP contribution in [0.3, 0.4) is 0 Å². The molecule has 0 saturated carbocycles. The van der Waals surface area contributed by atoms with Crippen LogP contribution in [-0.4, -0.2) is 51.9 Å². The van der Waals surface area contributed by atoms with E-state index in [9.17, 15) is 5.11 Å². The molecule has 0 aliphatic carbocycles. The zero-order valence-corrected chi connectivity index (χ0v) is 19.9. The normalized spacial score (nSPS) is 18.2. The fourth-order valence-electron chi connectivity index (χ4n) is 4.61. The number of hydrogen-bond acceptors (Lipinski definition) is 4. The first-order valence-corrected chi connectivity index (χ1v) is 11.4. The summed E-state index contributed by atoms with van der Waals surface area (Å²) >= 11 is 5.72. The van der Waals surface area contributed by atoms with Crippen molar-refractivity contribution in [1.29, 1.82) is 0 Å². The van der Waals surface area contributed by atoms with Crippen molar-refractivity contribution in [2.75, 3.05) is 32.1 Å². The summed E-state index contributed by atoms with van der Waals surface area (Å²) < 4.78 is 2.30. The Bertz CT molecular complexity index is 1080. The van der Waals surface area contributed by atoms with Crippen molar-refractivity contribution < 1.29 is 5.11 Å². The fourth-order valence-corrected chi connectivity index (χ4v) is 4.94. The molecule has 0 unspecified atom stereocenters. The van der Waals surface area contributed by atoms with Crippen LogP contribution in [0.5, 0.6) is 0 Å². The summed E-state index contributed by atoms with van der Waals surface area (Å²) in [5.41, 5.74) is 6.86. The number of hydrogen-bond donors (Lipinski definition) is 2. The number of aryl methyl sites for hydroxylation is 1. The second-order valence-corrected chi connectivity index (χ2v) is 8.86. The van der Waals surface area contributed by atoms with Crippen molar-refractivity contribution in [3.8, 4) is 5.69 Å². The highest BCUT2D eigenvalue weighted by Gasteiger charge is 2.41. The van der Waals surface area contributed by atoms with E-state index in [2.05, 4.69) is 68.8 Å². The molecule has 7 heteroatoms. The van der Waals surface area contributed by atoms with Gasteiger partial charge in [-0.2, -0.15) is 0 Å². The number of anilines is 1. The third-order valence-corrected chi connectivity index (χ3v) is 6.52. The van der Waals surface area contributed by atoms with Gasteiger partial charge in [0.2, 0.25) is 0 Å². The lowest BCUT2D eigenvalue weighted by molar-refractivity contribution is 0.247. The average Bonchev–Trinajstić information content (AvgIpc) is 3.27. The summed E-state index contributed by atoms with van der Waals surface area (Å²) in [6, 6.07) is 16.8. The van der Waals surface area contributed by atoms with Crippen LogP contribution in [0.25, 0.3) is 5.69 Å². The standard InChI is InChI=1S/C25H31N5OS/c1-17-16-21(18(2)30(17)20-11-9-19(10-12-20)28(3)4)24-23(22-8-5-6-13-26-22)27-25(32)29(24)14-7-15-31/h5-6,8-13,16,23-24,31H,7,14-15H2,1-4H3,(H,27,32)/t23-,24+/m0/s1. The predicted molar refractivity (Wildman–Crippen MR) is 133 cm³/mol. The SMILES string of the molecule is Cc1cc([C@@H]2[C@H](c3ccccn3)NC(=S)N2CCCO)c(C)n1-c1ccc(N(C)C)cc1. The van der Waals surface area contributed by atoms with E-state index in [4.69, 9.17) is 12.2 Å². The van der Waals surface area contributed by atoms with Gasteiger partial charge >= 0.3 is 0 Å². The van der Waals surface area contributed by atoms with Crippen molar-refractivity contribution >= 4 is 23.0 Å². The number of thiocarbonyl (C=S) groups is 1. The molecule has 0 radical (unpaired) electrons. The van der Waals surface area contributed by atoms with Crippen molar-refractivity contribution in [3.05, 3.63) is 77.4 Å². The molecular weight excluding hydrogens is 418 g/mol. The van der Waals surface area contributed by atoms with Gasteiger partial charge in [0.15, 0.2) is 5.11 Å². The number of aliphatic hydroxyl groups is 1. The topological polar surface area (TPSA) is 56.6 Å². The van der Waals surface area contributed by atoms with Gasteiger partial charge in [0, 0.05) is 56.2 Å². The van der Waals surface area contributed by atoms with Crippen molar-refractivity contribution in [2.24, 2.45) is 0 Å². The lowest BCUT2D eigenvalue weighted by Gasteiger charge is -2.28. The van der Waals surface area contributed by atoms with E-state index in [1.807, 2.05) is 38.5 Å². The Kier molecular flexibility index (Phi) is 6.48. The molecule has 6 nitrogen and oxygen atoms in total. The minimum Gasteiger partial charge on any atom is -0.396 e. The van der Waals surface area contributed by atoms with Crippen LogP contribution in [0, 0.1) is 13.8 Å². The highest BCUT2D eigenvalue weighted by molar-refractivity contribution is 7.80. The van der Waals surface area contributed by atoms with Gasteiger partial charge in [-0.15, -0.1) is 0 Å². The average molecular weight is 450 g/mol. The number of aromatic nitrogens is 2. The van der Waals surface area contributed by atoms with E-state index >= 15 is 0 Å². The van der Waals surface area contributed by atoms with Crippen LogP contribution >= 0.6 is 12.2 Å². The van der Waals surface area contributed by atoms with E-state index in [1.54, 1.807) is 0 Å². The maximum Gasteiger partial charge on any atom is 0.170 e. The van der Waals surface area contributed by atoms with Crippen LogP contribution in [-0.2, 0) is 0 Å². The number of nitrogens with zero attached hydrogens (tertiary/aromatic N) is 4. The van der Waals surface area contributed by atoms with Gasteiger partial charge in [0.05, 0.1) is 17.8 Å². The number of rotatable bonds is 7. The smallest absolute Gasteiger partial charge is 0.170 e. The Morgan fingerprint density at radius 1 is 1.12 bits per heavy atom. The van der Waals surface area contributed by atoms with Crippen LogP contribution < -0.4 is 10.2 Å². The molecular formula is C25H31N5OS. The lowest BCUT2D eigenvalue weighted by Crippen LogP contribution is -2.31. The van der Waals surface area contributed by atoms with Gasteiger partial charge in [-0.25, -0.2) is 0 Å². The Labute approximate surface area is 195 Å². The van der Waals surface area contributed by atoms with Gasteiger partial charge < -0.3 is 24.8 Å². The van der Waals surface area contributed by atoms with Gasteiger partial charge in [0.25, 0.3) is 0 Å². The van der Waals surface area contributed by atoms with E-state index in [1.165, 1.54) is 22.6 Å². The summed E-state index contributed by atoms with van der Waals surface area (Å²) in [5, 5.41) is 13.7. The summed E-state index contributed by atoms with van der Waals surface area (Å²) in [4.78, 5) is 8.92. The highest BCUT2D eigenvalue weighted by Crippen LogP contribution is 2.41. The number of pyridine rings is 1. The van der Waals surface area contributed by atoms with Crippen LogP contribution in [0.1, 0.15) is 41.1 Å². The molecule has 168 valence electrons. The summed E-state index contributed by atoms with van der Waals surface area (Å²) in [5.74, 6) is 0. The third-order valence-electron chi connectivity index (χ3n) is 6.17. The maximum absolute atomic E-state index is 9.46. The quantitative estimate of drug-likeness (QED) is 0.534. The van der Waals surface area contributed by atoms with E-state index in [0.717, 1.165) is 11.4 Å². The zero-order valence-electron chi connectivity index (χ0n) is 19.1. The molecule has 1 aliphatic rings. The molecule has 0 amide bonds. The number of benzene rings is 1. The van der Waals surface area contributed by atoms with Gasteiger partial charge in [0.1, 0.15) is 0 Å². The Morgan fingerprint density at radius 3 is 2.50 bits per heavy atom. The Balaban J connectivity index is 1.78. The fraction of sp³-hybridized carbons (Fsp3) is 0.360. The van der Waals surface area contributed by atoms with Gasteiger partial charge in [-0.05, 0) is 80.5 Å². The molecule has 1 saturated heterocycles. The lowest BCUT2D eigenvalue weighted by atomic mass is 9.96. The van der Waals surface area contributed by atoms with Gasteiger partial charge in [-0.1, -0.05) is 6.07 Å². The van der Waals surface area contributed by atoms with E-state index in [0.29, 0.717) is 18.1 Å². The molecule has 1 aromatic carbocycles. The van der Waals surface area contributed by atoms with E-state index in [-0.39, 0.29) is 18.7 Å². The molecule has 0 spiro atoms. The van der Waals surface area contributed by atoms with Gasteiger partial charge in [-0.3, -0.25) is 4.98 Å². The highest BCUT2D eigenvalue weighted by atomic mass is 32.1. The van der Waals surface area contributed by atoms with Crippen molar-refractivity contribution in [2.45, 2.75) is 32.4 Å². The first kappa shape index (κ1) is 22.3. The summed E-state index contributed by atoms with van der Waals surface area (Å²) in [6.07, 6.45) is 2.49. The molecule has 32 heavy (non-hydrogen) atoms. The Morgan fingerprint density at radius 2 is 1.88 bits per heavy atom. The van der Waals surface area contributed by atoms with Crippen LogP contribution in [0.2, 0.25) is 0 Å². The van der Waals surface area contributed by atoms with Crippen molar-refractivity contribution in [3.63, 3.8) is 0 Å². The molecule has 2 aromatic heterocycles. The Hall–Kier alpha value is -2.90. The molecule has 0 bridgehead atoms. The predicted octanol–water partition coefficient (Wildman–Crippen LogP) is 3.91. The van der Waals surface area contributed by atoms with Crippen molar-refractivity contribution in [1.82, 2.24) is 19.8 Å². The van der Waals surface area contributed by atoms with Crippen LogP contribution in [0.15, 0.2) is 54.7 Å². The molecule has 4 rings (SSSR count). The van der Waals surface area contributed by atoms with Crippen LogP contribution in [0.4, 0.5) is 5.69 Å². The third kappa shape index (κ3) is 4.10. The minimum atomic E-state index is -0.0486. The molecule has 3 heterocycles. The first-order chi connectivity index (χ1) is 15.4. The maximum atomic E-state index is 9.46. The molecule has 2 N–H and O–H groups in total.